The van der Waals surface area contributed by atoms with E-state index in [9.17, 15) is 0 Å². The standard InChI is InChI=1S/C14H18BrN3/c1-11(6-8-16)17-13-7-9-18(10-13)14-4-2-12(15)3-5-14/h2-5,11,13,17H,6-7,9-10H2,1H3. The molecule has 2 rings (SSSR count). The molecule has 1 aromatic rings. The Balaban J connectivity index is 1.88. The molecule has 1 aliphatic heterocycles. The van der Waals surface area contributed by atoms with Crippen molar-refractivity contribution in [1.29, 1.82) is 5.26 Å². The number of benzene rings is 1. The lowest BCUT2D eigenvalue weighted by Crippen LogP contribution is -2.38. The Morgan fingerprint density at radius 1 is 1.50 bits per heavy atom. The molecule has 2 atom stereocenters. The maximum absolute atomic E-state index is 8.66. The van der Waals surface area contributed by atoms with Gasteiger partial charge in [-0.15, -0.1) is 0 Å². The van der Waals surface area contributed by atoms with Gasteiger partial charge in [0.05, 0.1) is 12.5 Å². The molecule has 0 bridgehead atoms. The zero-order valence-electron chi connectivity index (χ0n) is 10.6. The predicted octanol–water partition coefficient (Wildman–Crippen LogP) is 2.92. The van der Waals surface area contributed by atoms with Crippen LogP contribution in [0, 0.1) is 11.3 Å². The van der Waals surface area contributed by atoms with Crippen molar-refractivity contribution in [2.75, 3.05) is 18.0 Å². The van der Waals surface area contributed by atoms with Crippen LogP contribution in [0.2, 0.25) is 0 Å². The highest BCUT2D eigenvalue weighted by molar-refractivity contribution is 9.10. The Hall–Kier alpha value is -1.05. The van der Waals surface area contributed by atoms with Crippen molar-refractivity contribution in [3.63, 3.8) is 0 Å². The SMILES string of the molecule is CC(CC#N)NC1CCN(c2ccc(Br)cc2)C1. The number of nitrogens with zero attached hydrogens (tertiary/aromatic N) is 2. The summed E-state index contributed by atoms with van der Waals surface area (Å²) < 4.78 is 1.11. The molecule has 0 aromatic heterocycles. The summed E-state index contributed by atoms with van der Waals surface area (Å²) in [4.78, 5) is 2.39. The normalized spacial score (nSPS) is 20.7. The molecule has 3 nitrogen and oxygen atoms in total. The van der Waals surface area contributed by atoms with Crippen LogP contribution in [0.25, 0.3) is 0 Å². The van der Waals surface area contributed by atoms with Gasteiger partial charge in [0.1, 0.15) is 0 Å². The van der Waals surface area contributed by atoms with E-state index in [0.29, 0.717) is 12.5 Å². The summed E-state index contributed by atoms with van der Waals surface area (Å²) in [7, 11) is 0. The molecule has 1 aromatic carbocycles. The highest BCUT2D eigenvalue weighted by atomic mass is 79.9. The molecule has 0 aliphatic carbocycles. The molecule has 1 fully saturated rings. The quantitative estimate of drug-likeness (QED) is 0.929. The summed E-state index contributed by atoms with van der Waals surface area (Å²) in [6.07, 6.45) is 1.72. The zero-order chi connectivity index (χ0) is 13.0. The monoisotopic (exact) mass is 307 g/mol. The van der Waals surface area contributed by atoms with Gasteiger partial charge in [0.15, 0.2) is 0 Å². The third-order valence-corrected chi connectivity index (χ3v) is 3.83. The van der Waals surface area contributed by atoms with Crippen LogP contribution >= 0.6 is 15.9 Å². The van der Waals surface area contributed by atoms with E-state index in [1.165, 1.54) is 5.69 Å². The second-order valence-electron chi connectivity index (χ2n) is 4.84. The van der Waals surface area contributed by atoms with Crippen LogP contribution in [0.5, 0.6) is 0 Å². The second kappa shape index (κ2) is 6.21. The van der Waals surface area contributed by atoms with Crippen molar-refractivity contribution in [2.24, 2.45) is 0 Å². The number of rotatable bonds is 4. The maximum atomic E-state index is 8.66. The predicted molar refractivity (Wildman–Crippen MR) is 77.6 cm³/mol. The van der Waals surface area contributed by atoms with E-state index in [4.69, 9.17) is 5.26 Å². The van der Waals surface area contributed by atoms with Crippen LogP contribution in [0.3, 0.4) is 0 Å². The van der Waals surface area contributed by atoms with Crippen LogP contribution in [0.1, 0.15) is 19.8 Å². The second-order valence-corrected chi connectivity index (χ2v) is 5.75. The minimum Gasteiger partial charge on any atom is -0.370 e. The van der Waals surface area contributed by atoms with E-state index in [0.717, 1.165) is 24.0 Å². The van der Waals surface area contributed by atoms with Crippen LogP contribution in [-0.4, -0.2) is 25.2 Å². The fourth-order valence-electron chi connectivity index (χ4n) is 2.38. The average molecular weight is 308 g/mol. The largest absolute Gasteiger partial charge is 0.370 e. The van der Waals surface area contributed by atoms with Gasteiger partial charge in [-0.25, -0.2) is 0 Å². The molecule has 2 unspecified atom stereocenters. The number of hydrogen-bond acceptors (Lipinski definition) is 3. The van der Waals surface area contributed by atoms with Gasteiger partial charge in [0, 0.05) is 35.3 Å². The van der Waals surface area contributed by atoms with E-state index in [2.05, 4.69) is 63.4 Å². The summed E-state index contributed by atoms with van der Waals surface area (Å²) in [5.41, 5.74) is 1.27. The van der Waals surface area contributed by atoms with Gasteiger partial charge < -0.3 is 10.2 Å². The first-order chi connectivity index (χ1) is 8.69. The first-order valence-corrected chi connectivity index (χ1v) is 7.12. The van der Waals surface area contributed by atoms with Crippen molar-refractivity contribution in [3.05, 3.63) is 28.7 Å². The molecular formula is C14H18BrN3. The van der Waals surface area contributed by atoms with E-state index in [1.807, 2.05) is 0 Å². The van der Waals surface area contributed by atoms with Gasteiger partial charge in [0.2, 0.25) is 0 Å². The fourth-order valence-corrected chi connectivity index (χ4v) is 2.65. The minimum atomic E-state index is 0.282. The topological polar surface area (TPSA) is 39.1 Å². The van der Waals surface area contributed by atoms with Gasteiger partial charge >= 0.3 is 0 Å². The Bertz CT molecular complexity index is 424. The van der Waals surface area contributed by atoms with Crippen molar-refractivity contribution in [3.8, 4) is 6.07 Å². The number of hydrogen-bond donors (Lipinski definition) is 1. The number of halogens is 1. The van der Waals surface area contributed by atoms with Crippen LogP contribution in [-0.2, 0) is 0 Å². The van der Waals surface area contributed by atoms with Gasteiger partial charge in [0.25, 0.3) is 0 Å². The Morgan fingerprint density at radius 3 is 2.89 bits per heavy atom. The van der Waals surface area contributed by atoms with Gasteiger partial charge in [-0.05, 0) is 37.6 Å². The Kier molecular flexibility index (Phi) is 4.62. The molecular weight excluding hydrogens is 290 g/mol. The van der Waals surface area contributed by atoms with Crippen molar-refractivity contribution >= 4 is 21.6 Å². The summed E-state index contributed by atoms with van der Waals surface area (Å²) in [6.45, 7) is 4.18. The first-order valence-electron chi connectivity index (χ1n) is 6.32. The molecule has 96 valence electrons. The molecule has 0 radical (unpaired) electrons. The van der Waals surface area contributed by atoms with Gasteiger partial charge in [-0.3, -0.25) is 0 Å². The molecule has 1 N–H and O–H groups in total. The third kappa shape index (κ3) is 3.47. The lowest BCUT2D eigenvalue weighted by molar-refractivity contribution is 0.473. The molecule has 18 heavy (non-hydrogen) atoms. The van der Waals surface area contributed by atoms with Crippen molar-refractivity contribution < 1.29 is 0 Å². The number of nitrogens with one attached hydrogen (secondary N) is 1. The molecule has 1 aliphatic rings. The molecule has 0 saturated carbocycles. The number of nitriles is 1. The summed E-state index contributed by atoms with van der Waals surface area (Å²) >= 11 is 3.45. The van der Waals surface area contributed by atoms with Crippen LogP contribution < -0.4 is 10.2 Å². The number of anilines is 1. The molecule has 1 heterocycles. The first kappa shape index (κ1) is 13.4. The van der Waals surface area contributed by atoms with Crippen LogP contribution in [0.15, 0.2) is 28.7 Å². The van der Waals surface area contributed by atoms with E-state index < -0.39 is 0 Å². The highest BCUT2D eigenvalue weighted by Gasteiger charge is 2.23. The third-order valence-electron chi connectivity index (χ3n) is 3.30. The molecule has 1 saturated heterocycles. The Morgan fingerprint density at radius 2 is 2.22 bits per heavy atom. The Labute approximate surface area is 117 Å². The van der Waals surface area contributed by atoms with Gasteiger partial charge in [-0.1, -0.05) is 15.9 Å². The maximum Gasteiger partial charge on any atom is 0.0638 e. The zero-order valence-corrected chi connectivity index (χ0v) is 12.2. The van der Waals surface area contributed by atoms with Crippen molar-refractivity contribution in [2.45, 2.75) is 31.8 Å². The molecule has 4 heteroatoms. The lowest BCUT2D eigenvalue weighted by atomic mass is 10.2. The van der Waals surface area contributed by atoms with E-state index >= 15 is 0 Å². The summed E-state index contributed by atoms with van der Waals surface area (Å²) in [5, 5.41) is 12.2. The lowest BCUT2D eigenvalue weighted by Gasteiger charge is -2.20. The van der Waals surface area contributed by atoms with Gasteiger partial charge in [-0.2, -0.15) is 5.26 Å². The van der Waals surface area contributed by atoms with E-state index in [-0.39, 0.29) is 6.04 Å². The molecule has 0 spiro atoms. The highest BCUT2D eigenvalue weighted by Crippen LogP contribution is 2.22. The minimum absolute atomic E-state index is 0.282. The summed E-state index contributed by atoms with van der Waals surface area (Å²) in [5.74, 6) is 0. The average Bonchev–Trinajstić information content (AvgIpc) is 2.78. The van der Waals surface area contributed by atoms with Crippen molar-refractivity contribution in [1.82, 2.24) is 5.32 Å². The smallest absolute Gasteiger partial charge is 0.0638 e. The molecule has 0 amide bonds. The summed E-state index contributed by atoms with van der Waals surface area (Å²) in [6, 6.07) is 11.4. The van der Waals surface area contributed by atoms with E-state index in [1.54, 1.807) is 0 Å². The fraction of sp³-hybridized carbons (Fsp3) is 0.500. The van der Waals surface area contributed by atoms with Crippen LogP contribution in [0.4, 0.5) is 5.69 Å².